The standard InChI is InChI=1S/C17H21NO3S/c1-4-12-18(15-7-5-6-14(2)13-15)22(19,20)17-10-8-16(21-3)9-11-17/h5-11,13H,4,12H2,1-3H3. The summed E-state index contributed by atoms with van der Waals surface area (Å²) in [7, 11) is -2.03. The second-order valence-electron chi connectivity index (χ2n) is 5.09. The van der Waals surface area contributed by atoms with Crippen molar-refractivity contribution in [3.63, 3.8) is 0 Å². The van der Waals surface area contributed by atoms with Crippen molar-refractivity contribution in [1.29, 1.82) is 0 Å². The maximum atomic E-state index is 12.9. The molecule has 2 rings (SSSR count). The van der Waals surface area contributed by atoms with Crippen molar-refractivity contribution in [2.45, 2.75) is 25.2 Å². The highest BCUT2D eigenvalue weighted by Gasteiger charge is 2.24. The lowest BCUT2D eigenvalue weighted by Gasteiger charge is -2.24. The summed E-state index contributed by atoms with van der Waals surface area (Å²) in [4.78, 5) is 0.267. The summed E-state index contributed by atoms with van der Waals surface area (Å²) in [5.74, 6) is 0.636. The summed E-state index contributed by atoms with van der Waals surface area (Å²) in [5, 5.41) is 0. The van der Waals surface area contributed by atoms with Crippen LogP contribution >= 0.6 is 0 Å². The number of nitrogens with zero attached hydrogens (tertiary/aromatic N) is 1. The van der Waals surface area contributed by atoms with E-state index in [0.29, 0.717) is 18.0 Å². The van der Waals surface area contributed by atoms with Crippen molar-refractivity contribution < 1.29 is 13.2 Å². The van der Waals surface area contributed by atoms with Crippen LogP contribution in [0.3, 0.4) is 0 Å². The van der Waals surface area contributed by atoms with E-state index in [2.05, 4.69) is 0 Å². The van der Waals surface area contributed by atoms with E-state index in [1.807, 2.05) is 38.1 Å². The summed E-state index contributed by atoms with van der Waals surface area (Å²) in [6, 6.07) is 14.0. The van der Waals surface area contributed by atoms with Crippen LogP contribution in [0.2, 0.25) is 0 Å². The first kappa shape index (κ1) is 16.4. The van der Waals surface area contributed by atoms with Gasteiger partial charge in [0.25, 0.3) is 10.0 Å². The minimum Gasteiger partial charge on any atom is -0.497 e. The van der Waals surface area contributed by atoms with Crippen LogP contribution in [-0.4, -0.2) is 22.1 Å². The van der Waals surface area contributed by atoms with Gasteiger partial charge in [0.1, 0.15) is 5.75 Å². The van der Waals surface area contributed by atoms with Crippen molar-refractivity contribution in [2.75, 3.05) is 18.0 Å². The number of benzene rings is 2. The molecule has 5 heteroatoms. The molecule has 0 aliphatic carbocycles. The summed E-state index contributed by atoms with van der Waals surface area (Å²) < 4.78 is 32.4. The minimum absolute atomic E-state index is 0.267. The van der Waals surface area contributed by atoms with Gasteiger partial charge in [0.2, 0.25) is 0 Å². The normalized spacial score (nSPS) is 11.2. The van der Waals surface area contributed by atoms with Crippen molar-refractivity contribution in [1.82, 2.24) is 0 Å². The number of sulfonamides is 1. The quantitative estimate of drug-likeness (QED) is 0.817. The fourth-order valence-corrected chi connectivity index (χ4v) is 3.80. The fraction of sp³-hybridized carbons (Fsp3) is 0.294. The van der Waals surface area contributed by atoms with Gasteiger partial charge in [-0.15, -0.1) is 0 Å². The van der Waals surface area contributed by atoms with Gasteiger partial charge in [-0.05, 0) is 55.3 Å². The SMILES string of the molecule is CCCN(c1cccc(C)c1)S(=O)(=O)c1ccc(OC)cc1. The van der Waals surface area contributed by atoms with Crippen molar-refractivity contribution >= 4 is 15.7 Å². The number of hydrogen-bond acceptors (Lipinski definition) is 3. The molecular formula is C17H21NO3S. The molecule has 0 aromatic heterocycles. The summed E-state index contributed by atoms with van der Waals surface area (Å²) in [6.07, 6.45) is 0.739. The van der Waals surface area contributed by atoms with Gasteiger partial charge < -0.3 is 4.74 Å². The van der Waals surface area contributed by atoms with Gasteiger partial charge in [0, 0.05) is 6.54 Å². The van der Waals surface area contributed by atoms with E-state index in [1.165, 1.54) is 4.31 Å². The molecule has 0 atom stereocenters. The first-order valence-electron chi connectivity index (χ1n) is 7.22. The molecule has 0 unspecified atom stereocenters. The second kappa shape index (κ2) is 6.83. The van der Waals surface area contributed by atoms with Gasteiger partial charge >= 0.3 is 0 Å². The third-order valence-electron chi connectivity index (χ3n) is 3.36. The lowest BCUT2D eigenvalue weighted by Crippen LogP contribution is -2.31. The lowest BCUT2D eigenvalue weighted by molar-refractivity contribution is 0.414. The van der Waals surface area contributed by atoms with Crippen molar-refractivity contribution in [2.24, 2.45) is 0 Å². The van der Waals surface area contributed by atoms with E-state index in [9.17, 15) is 8.42 Å². The Morgan fingerprint density at radius 1 is 1.09 bits per heavy atom. The Hall–Kier alpha value is -2.01. The minimum atomic E-state index is -3.58. The van der Waals surface area contributed by atoms with Crippen LogP contribution in [0, 0.1) is 6.92 Å². The van der Waals surface area contributed by atoms with E-state index in [1.54, 1.807) is 31.4 Å². The van der Waals surface area contributed by atoms with Crippen LogP contribution in [0.1, 0.15) is 18.9 Å². The Morgan fingerprint density at radius 3 is 2.32 bits per heavy atom. The van der Waals surface area contributed by atoms with Crippen LogP contribution < -0.4 is 9.04 Å². The highest BCUT2D eigenvalue weighted by Crippen LogP contribution is 2.26. The first-order valence-corrected chi connectivity index (χ1v) is 8.66. The lowest BCUT2D eigenvalue weighted by atomic mass is 10.2. The Kier molecular flexibility index (Phi) is 5.08. The highest BCUT2D eigenvalue weighted by molar-refractivity contribution is 7.92. The zero-order valence-corrected chi connectivity index (χ0v) is 13.9. The molecule has 2 aromatic carbocycles. The molecule has 118 valence electrons. The molecule has 0 bridgehead atoms. The largest absolute Gasteiger partial charge is 0.497 e. The predicted octanol–water partition coefficient (Wildman–Crippen LogP) is 3.61. The van der Waals surface area contributed by atoms with Crippen LogP contribution in [0.25, 0.3) is 0 Å². The van der Waals surface area contributed by atoms with Crippen LogP contribution in [-0.2, 0) is 10.0 Å². The molecule has 2 aromatic rings. The third-order valence-corrected chi connectivity index (χ3v) is 5.21. The molecule has 0 fully saturated rings. The van der Waals surface area contributed by atoms with Crippen molar-refractivity contribution in [3.8, 4) is 5.75 Å². The Labute approximate surface area is 132 Å². The van der Waals surface area contributed by atoms with Gasteiger partial charge in [-0.1, -0.05) is 19.1 Å². The zero-order chi connectivity index (χ0) is 16.2. The van der Waals surface area contributed by atoms with Gasteiger partial charge in [0.05, 0.1) is 17.7 Å². The van der Waals surface area contributed by atoms with E-state index in [4.69, 9.17) is 4.74 Å². The third kappa shape index (κ3) is 3.42. The Bertz CT molecular complexity index is 724. The zero-order valence-electron chi connectivity index (χ0n) is 13.1. The second-order valence-corrected chi connectivity index (χ2v) is 6.95. The fourth-order valence-electron chi connectivity index (χ4n) is 2.25. The van der Waals surface area contributed by atoms with E-state index in [-0.39, 0.29) is 4.90 Å². The van der Waals surface area contributed by atoms with Gasteiger partial charge in [0.15, 0.2) is 0 Å². The molecule has 0 spiro atoms. The van der Waals surface area contributed by atoms with E-state index < -0.39 is 10.0 Å². The predicted molar refractivity (Wildman–Crippen MR) is 89.0 cm³/mol. The molecule has 0 radical (unpaired) electrons. The van der Waals surface area contributed by atoms with Crippen LogP contribution in [0.15, 0.2) is 53.4 Å². The monoisotopic (exact) mass is 319 g/mol. The van der Waals surface area contributed by atoms with Gasteiger partial charge in [-0.25, -0.2) is 8.42 Å². The van der Waals surface area contributed by atoms with E-state index in [0.717, 1.165) is 12.0 Å². The summed E-state index contributed by atoms with van der Waals surface area (Å²) in [5.41, 5.74) is 1.72. The van der Waals surface area contributed by atoms with Gasteiger partial charge in [-0.3, -0.25) is 4.31 Å². The molecule has 0 saturated carbocycles. The highest BCUT2D eigenvalue weighted by atomic mass is 32.2. The average Bonchev–Trinajstić information content (AvgIpc) is 2.52. The topological polar surface area (TPSA) is 46.6 Å². The van der Waals surface area contributed by atoms with Crippen molar-refractivity contribution in [3.05, 3.63) is 54.1 Å². The molecule has 0 aliphatic heterocycles. The van der Waals surface area contributed by atoms with Crippen LogP contribution in [0.5, 0.6) is 5.75 Å². The molecule has 0 saturated heterocycles. The Morgan fingerprint density at radius 2 is 1.77 bits per heavy atom. The number of rotatable bonds is 6. The molecule has 0 N–H and O–H groups in total. The molecular weight excluding hydrogens is 298 g/mol. The average molecular weight is 319 g/mol. The Balaban J connectivity index is 2.45. The number of methoxy groups -OCH3 is 1. The molecule has 0 heterocycles. The van der Waals surface area contributed by atoms with Crippen LogP contribution in [0.4, 0.5) is 5.69 Å². The maximum absolute atomic E-state index is 12.9. The number of anilines is 1. The smallest absolute Gasteiger partial charge is 0.264 e. The number of aryl methyl sites for hydroxylation is 1. The molecule has 0 aliphatic rings. The summed E-state index contributed by atoms with van der Waals surface area (Å²) >= 11 is 0. The maximum Gasteiger partial charge on any atom is 0.264 e. The number of ether oxygens (including phenoxy) is 1. The molecule has 22 heavy (non-hydrogen) atoms. The molecule has 0 amide bonds. The van der Waals surface area contributed by atoms with E-state index >= 15 is 0 Å². The number of hydrogen-bond donors (Lipinski definition) is 0. The first-order chi connectivity index (χ1) is 10.5. The summed E-state index contributed by atoms with van der Waals surface area (Å²) in [6.45, 7) is 4.36. The molecule has 4 nitrogen and oxygen atoms in total. The van der Waals surface area contributed by atoms with Gasteiger partial charge in [-0.2, -0.15) is 0 Å².